The summed E-state index contributed by atoms with van der Waals surface area (Å²) >= 11 is 0. The van der Waals surface area contributed by atoms with Crippen LogP contribution in [0.15, 0.2) is 12.2 Å². The molecule has 5 aliphatic rings. The molecule has 0 radical (unpaired) electrons. The molecule has 1 heterocycles. The molecule has 5 rings (SSSR count). The Morgan fingerprint density at radius 2 is 1.61 bits per heavy atom. The predicted molar refractivity (Wildman–Crippen MR) is 75.4 cm³/mol. The van der Waals surface area contributed by atoms with Crippen molar-refractivity contribution < 1.29 is 0 Å². The lowest BCUT2D eigenvalue weighted by atomic mass is 9.49. The van der Waals surface area contributed by atoms with E-state index in [1.807, 2.05) is 0 Å². The number of rotatable bonds is 3. The van der Waals surface area contributed by atoms with Crippen molar-refractivity contribution >= 4 is 0 Å². The van der Waals surface area contributed by atoms with E-state index in [1.54, 1.807) is 38.5 Å². The van der Waals surface area contributed by atoms with Crippen molar-refractivity contribution in [1.82, 2.24) is 4.90 Å². The van der Waals surface area contributed by atoms with Crippen molar-refractivity contribution in [2.45, 2.75) is 51.4 Å². The zero-order valence-electron chi connectivity index (χ0n) is 11.6. The van der Waals surface area contributed by atoms with Gasteiger partial charge in [-0.25, -0.2) is 0 Å². The molecule has 0 atom stereocenters. The summed E-state index contributed by atoms with van der Waals surface area (Å²) in [6.07, 6.45) is 17.0. The summed E-state index contributed by atoms with van der Waals surface area (Å²) in [7, 11) is 0. The van der Waals surface area contributed by atoms with E-state index in [4.69, 9.17) is 0 Å². The molecule has 100 valence electrons. The van der Waals surface area contributed by atoms with Gasteiger partial charge in [-0.05, 0) is 81.1 Å². The van der Waals surface area contributed by atoms with E-state index in [2.05, 4.69) is 17.1 Å². The monoisotopic (exact) mass is 245 g/mol. The van der Waals surface area contributed by atoms with Gasteiger partial charge in [0.25, 0.3) is 0 Å². The summed E-state index contributed by atoms with van der Waals surface area (Å²) in [5.74, 6) is 3.37. The summed E-state index contributed by atoms with van der Waals surface area (Å²) in [5.41, 5.74) is 0.788. The van der Waals surface area contributed by atoms with Crippen LogP contribution in [-0.4, -0.2) is 24.5 Å². The van der Waals surface area contributed by atoms with Gasteiger partial charge in [0.15, 0.2) is 0 Å². The fourth-order valence-electron chi connectivity index (χ4n) is 5.88. The second-order valence-electron chi connectivity index (χ2n) is 7.73. The topological polar surface area (TPSA) is 3.24 Å². The molecular formula is C17H27N. The van der Waals surface area contributed by atoms with Crippen molar-refractivity contribution in [1.29, 1.82) is 0 Å². The van der Waals surface area contributed by atoms with Gasteiger partial charge in [0.1, 0.15) is 0 Å². The molecule has 4 bridgehead atoms. The Morgan fingerprint density at radius 3 is 2.17 bits per heavy atom. The van der Waals surface area contributed by atoms with Gasteiger partial charge in [-0.1, -0.05) is 12.2 Å². The molecule has 4 saturated carbocycles. The highest BCUT2D eigenvalue weighted by atomic mass is 15.1. The largest absolute Gasteiger partial charge is 0.299 e. The van der Waals surface area contributed by atoms with E-state index in [0.717, 1.165) is 23.2 Å². The molecule has 1 aliphatic heterocycles. The SMILES string of the molecule is C1=CCN(CCC23CC4CC(CC(C4)C2)C3)CC1. The van der Waals surface area contributed by atoms with Crippen molar-refractivity contribution in [2.24, 2.45) is 23.2 Å². The Morgan fingerprint density at radius 1 is 0.944 bits per heavy atom. The van der Waals surface area contributed by atoms with Crippen molar-refractivity contribution in [2.75, 3.05) is 19.6 Å². The first-order valence-corrected chi connectivity index (χ1v) is 8.19. The molecule has 0 spiro atoms. The first-order chi connectivity index (χ1) is 8.81. The zero-order valence-corrected chi connectivity index (χ0v) is 11.6. The number of hydrogen-bond donors (Lipinski definition) is 0. The standard InChI is InChI=1S/C17H27N/c1-2-5-18(6-3-1)7-4-17-11-14-8-15(12-17)10-16(9-14)13-17/h1-2,14-16H,3-13H2. The Balaban J connectivity index is 1.40. The lowest BCUT2D eigenvalue weighted by Gasteiger charge is -2.57. The smallest absolute Gasteiger partial charge is 0.0163 e. The van der Waals surface area contributed by atoms with Crippen LogP contribution < -0.4 is 0 Å². The molecule has 4 fully saturated rings. The maximum absolute atomic E-state index is 2.68. The molecule has 1 heteroatoms. The fourth-order valence-corrected chi connectivity index (χ4v) is 5.88. The van der Waals surface area contributed by atoms with Crippen LogP contribution in [0.4, 0.5) is 0 Å². The van der Waals surface area contributed by atoms with E-state index >= 15 is 0 Å². The highest BCUT2D eigenvalue weighted by molar-refractivity contribution is 5.02. The van der Waals surface area contributed by atoms with Crippen LogP contribution in [0.5, 0.6) is 0 Å². The third-order valence-electron chi connectivity index (χ3n) is 6.27. The molecule has 4 aliphatic carbocycles. The van der Waals surface area contributed by atoms with Gasteiger partial charge in [0, 0.05) is 13.1 Å². The van der Waals surface area contributed by atoms with Crippen LogP contribution in [0.2, 0.25) is 0 Å². The first kappa shape index (κ1) is 11.5. The van der Waals surface area contributed by atoms with E-state index in [0.29, 0.717) is 0 Å². The lowest BCUT2D eigenvalue weighted by molar-refractivity contribution is -0.0607. The molecule has 0 unspecified atom stereocenters. The van der Waals surface area contributed by atoms with Crippen LogP contribution >= 0.6 is 0 Å². The van der Waals surface area contributed by atoms with E-state index in [9.17, 15) is 0 Å². The quantitative estimate of drug-likeness (QED) is 0.683. The van der Waals surface area contributed by atoms with Gasteiger partial charge in [-0.2, -0.15) is 0 Å². The van der Waals surface area contributed by atoms with Gasteiger partial charge in [0.05, 0.1) is 0 Å². The van der Waals surface area contributed by atoms with E-state index in [-0.39, 0.29) is 0 Å². The van der Waals surface area contributed by atoms with Gasteiger partial charge < -0.3 is 0 Å². The first-order valence-electron chi connectivity index (χ1n) is 8.19. The molecule has 1 nitrogen and oxygen atoms in total. The van der Waals surface area contributed by atoms with Crippen LogP contribution in [-0.2, 0) is 0 Å². The molecule has 0 aromatic carbocycles. The minimum Gasteiger partial charge on any atom is -0.299 e. The molecule has 18 heavy (non-hydrogen) atoms. The second kappa shape index (κ2) is 4.37. The van der Waals surface area contributed by atoms with Crippen molar-refractivity contribution in [3.8, 4) is 0 Å². The lowest BCUT2D eigenvalue weighted by Crippen LogP contribution is -2.47. The molecule has 0 amide bonds. The molecule has 0 saturated heterocycles. The summed E-state index contributed by atoms with van der Waals surface area (Å²) in [5, 5.41) is 0. The van der Waals surface area contributed by atoms with Crippen molar-refractivity contribution in [3.63, 3.8) is 0 Å². The Hall–Kier alpha value is -0.300. The van der Waals surface area contributed by atoms with Gasteiger partial charge >= 0.3 is 0 Å². The summed E-state index contributed by atoms with van der Waals surface area (Å²) in [4.78, 5) is 2.68. The Kier molecular flexibility index (Phi) is 2.80. The summed E-state index contributed by atoms with van der Waals surface area (Å²) in [6, 6.07) is 0. The van der Waals surface area contributed by atoms with Crippen LogP contribution in [0.3, 0.4) is 0 Å². The van der Waals surface area contributed by atoms with Crippen LogP contribution in [0, 0.1) is 23.2 Å². The molecule has 0 aromatic rings. The van der Waals surface area contributed by atoms with E-state index in [1.165, 1.54) is 32.5 Å². The maximum atomic E-state index is 2.68. The summed E-state index contributed by atoms with van der Waals surface area (Å²) in [6.45, 7) is 3.89. The number of nitrogens with zero attached hydrogens (tertiary/aromatic N) is 1. The minimum absolute atomic E-state index is 0.788. The zero-order chi connectivity index (χ0) is 12.0. The van der Waals surface area contributed by atoms with E-state index < -0.39 is 0 Å². The average Bonchev–Trinajstić information content (AvgIpc) is 2.36. The molecule has 0 N–H and O–H groups in total. The van der Waals surface area contributed by atoms with Crippen molar-refractivity contribution in [3.05, 3.63) is 12.2 Å². The maximum Gasteiger partial charge on any atom is 0.0163 e. The highest BCUT2D eigenvalue weighted by Gasteiger charge is 2.50. The third kappa shape index (κ3) is 2.05. The van der Waals surface area contributed by atoms with Gasteiger partial charge in [0.2, 0.25) is 0 Å². The highest BCUT2D eigenvalue weighted by Crippen LogP contribution is 2.61. The van der Waals surface area contributed by atoms with Gasteiger partial charge in [-0.3, -0.25) is 4.90 Å². The van der Waals surface area contributed by atoms with Crippen LogP contribution in [0.25, 0.3) is 0 Å². The Labute approximate surface area is 112 Å². The molecular weight excluding hydrogens is 218 g/mol. The number of hydrogen-bond acceptors (Lipinski definition) is 1. The Bertz CT molecular complexity index is 308. The second-order valence-corrected chi connectivity index (χ2v) is 7.73. The summed E-state index contributed by atoms with van der Waals surface area (Å²) < 4.78 is 0. The van der Waals surface area contributed by atoms with Gasteiger partial charge in [-0.15, -0.1) is 0 Å². The predicted octanol–water partition coefficient (Wildman–Crippen LogP) is 3.85. The normalized spacial score (nSPS) is 46.8. The fraction of sp³-hybridized carbons (Fsp3) is 0.882. The minimum atomic E-state index is 0.788. The average molecular weight is 245 g/mol. The molecule has 0 aromatic heterocycles. The van der Waals surface area contributed by atoms with Crippen LogP contribution in [0.1, 0.15) is 51.4 Å². The third-order valence-corrected chi connectivity index (χ3v) is 6.27.